The van der Waals surface area contributed by atoms with Crippen LogP contribution in [0.2, 0.25) is 25.7 Å². The van der Waals surface area contributed by atoms with Crippen LogP contribution in [0.3, 0.4) is 0 Å². The first-order valence-corrected chi connectivity index (χ1v) is 16.2. The quantitative estimate of drug-likeness (QED) is 0.240. The highest BCUT2D eigenvalue weighted by atomic mass is 32.1. The lowest BCUT2D eigenvalue weighted by molar-refractivity contribution is 0.0817. The topological polar surface area (TPSA) is 100.0 Å². The van der Waals surface area contributed by atoms with Gasteiger partial charge in [-0.3, -0.25) is 4.79 Å². The second-order valence-corrected chi connectivity index (χ2v) is 16.7. The minimum atomic E-state index is -1.14. The third-order valence-corrected chi connectivity index (χ3v) is 9.04. The number of aryl methyl sites for hydroxylation is 1. The Morgan fingerprint density at radius 1 is 1.11 bits per heavy atom. The van der Waals surface area contributed by atoms with Gasteiger partial charge in [-0.2, -0.15) is 10.2 Å². The minimum absolute atomic E-state index is 0.0511. The van der Waals surface area contributed by atoms with E-state index >= 15 is 0 Å². The molecule has 0 aliphatic rings. The largest absolute Gasteiger partial charge is 0.396 e. The highest BCUT2D eigenvalue weighted by molar-refractivity contribution is 7.19. The van der Waals surface area contributed by atoms with Gasteiger partial charge in [0, 0.05) is 45.5 Å². The predicted octanol–water partition coefficient (Wildman–Crippen LogP) is 3.59. The summed E-state index contributed by atoms with van der Waals surface area (Å²) >= 11 is 1.50. The predicted molar refractivity (Wildman–Crippen MR) is 142 cm³/mol. The zero-order chi connectivity index (χ0) is 24.7. The van der Waals surface area contributed by atoms with Crippen LogP contribution in [0, 0.1) is 0 Å². The molecule has 184 valence electrons. The van der Waals surface area contributed by atoms with E-state index in [1.54, 1.807) is 6.20 Å². The standard InChI is InChI=1S/C24H30N6O3SSi/c1-28-21-18(22-23(28)27-20(34-22)8-9-31)13-25-29(24(21)32)14-16-6-5-7-19-17(16)12-26-30(19)15-33-10-11-35(2,3)4/h5-7,12-13,31H,8-11,14-15H2,1-4H3. The van der Waals surface area contributed by atoms with E-state index in [1.807, 2.05) is 40.7 Å². The summed E-state index contributed by atoms with van der Waals surface area (Å²) in [5.41, 5.74) is 3.14. The van der Waals surface area contributed by atoms with Gasteiger partial charge >= 0.3 is 0 Å². The van der Waals surface area contributed by atoms with Crippen LogP contribution in [0.15, 0.2) is 35.4 Å². The number of benzene rings is 1. The van der Waals surface area contributed by atoms with Crippen LogP contribution in [0.1, 0.15) is 10.6 Å². The maximum Gasteiger partial charge on any atom is 0.291 e. The van der Waals surface area contributed by atoms with Crippen molar-refractivity contribution in [2.24, 2.45) is 7.05 Å². The van der Waals surface area contributed by atoms with Crippen LogP contribution in [0.5, 0.6) is 0 Å². The Hall–Kier alpha value is -2.86. The molecule has 0 amide bonds. The number of thiazole rings is 1. The molecule has 5 rings (SSSR count). The summed E-state index contributed by atoms with van der Waals surface area (Å²) in [5.74, 6) is 0. The monoisotopic (exact) mass is 510 g/mol. The van der Waals surface area contributed by atoms with Crippen molar-refractivity contribution >= 4 is 51.6 Å². The lowest BCUT2D eigenvalue weighted by atomic mass is 10.1. The molecular weight excluding hydrogens is 480 g/mol. The van der Waals surface area contributed by atoms with E-state index in [4.69, 9.17) is 4.74 Å². The number of aliphatic hydroxyl groups is 1. The molecule has 0 bridgehead atoms. The number of hydrogen-bond donors (Lipinski definition) is 1. The fourth-order valence-corrected chi connectivity index (χ4v) is 6.09. The Morgan fingerprint density at radius 2 is 1.89 bits per heavy atom. The van der Waals surface area contributed by atoms with Crippen molar-refractivity contribution in [1.82, 2.24) is 29.1 Å². The molecule has 1 aromatic carbocycles. The SMILES string of the molecule is Cn1c2nc(CCO)sc2c2cnn(Cc3cccc4c3cnn4COCC[Si](C)(C)C)c(=O)c21. The van der Waals surface area contributed by atoms with Gasteiger partial charge in [-0.25, -0.2) is 14.3 Å². The summed E-state index contributed by atoms with van der Waals surface area (Å²) in [4.78, 5) is 18.0. The summed E-state index contributed by atoms with van der Waals surface area (Å²) in [6.45, 7) is 8.55. The second kappa shape index (κ2) is 9.30. The molecule has 35 heavy (non-hydrogen) atoms. The highest BCUT2D eigenvalue weighted by Gasteiger charge is 2.19. The zero-order valence-corrected chi connectivity index (χ0v) is 22.3. The maximum absolute atomic E-state index is 13.4. The Kier molecular flexibility index (Phi) is 6.34. The van der Waals surface area contributed by atoms with E-state index in [9.17, 15) is 9.90 Å². The van der Waals surface area contributed by atoms with E-state index in [1.165, 1.54) is 16.0 Å². The highest BCUT2D eigenvalue weighted by Crippen LogP contribution is 2.31. The van der Waals surface area contributed by atoms with Gasteiger partial charge in [0.15, 0.2) is 5.65 Å². The first-order chi connectivity index (χ1) is 16.8. The number of aromatic nitrogens is 6. The van der Waals surface area contributed by atoms with Crippen molar-refractivity contribution in [2.45, 2.75) is 45.4 Å². The third kappa shape index (κ3) is 4.56. The van der Waals surface area contributed by atoms with E-state index in [0.717, 1.165) is 49.9 Å². The first kappa shape index (κ1) is 23.9. The van der Waals surface area contributed by atoms with Crippen molar-refractivity contribution in [1.29, 1.82) is 0 Å². The summed E-state index contributed by atoms with van der Waals surface area (Å²) < 4.78 is 12.0. The molecule has 11 heteroatoms. The van der Waals surface area contributed by atoms with Crippen LogP contribution >= 0.6 is 11.3 Å². The van der Waals surface area contributed by atoms with E-state index in [2.05, 4.69) is 34.8 Å². The van der Waals surface area contributed by atoms with E-state index < -0.39 is 8.07 Å². The molecule has 0 radical (unpaired) electrons. The van der Waals surface area contributed by atoms with Gasteiger partial charge in [0.05, 0.1) is 34.2 Å². The molecular formula is C24H30N6O3SSi. The average molecular weight is 511 g/mol. The average Bonchev–Trinajstić information content (AvgIpc) is 3.48. The van der Waals surface area contributed by atoms with Gasteiger partial charge in [-0.05, 0) is 17.7 Å². The number of aliphatic hydroxyl groups excluding tert-OH is 1. The molecule has 9 nitrogen and oxygen atoms in total. The number of rotatable bonds is 9. The van der Waals surface area contributed by atoms with Gasteiger partial charge in [0.2, 0.25) is 0 Å². The maximum atomic E-state index is 13.4. The Labute approximate surface area is 207 Å². The molecule has 0 saturated carbocycles. The Bertz CT molecular complexity index is 1580. The molecule has 1 N–H and O–H groups in total. The first-order valence-electron chi connectivity index (χ1n) is 11.7. The Morgan fingerprint density at radius 3 is 2.66 bits per heavy atom. The molecule has 0 fully saturated rings. The lowest BCUT2D eigenvalue weighted by Gasteiger charge is -2.15. The minimum Gasteiger partial charge on any atom is -0.396 e. The normalized spacial score (nSPS) is 12.5. The molecule has 5 aromatic rings. The molecule has 0 atom stereocenters. The van der Waals surface area contributed by atoms with E-state index in [-0.39, 0.29) is 12.2 Å². The van der Waals surface area contributed by atoms with Crippen molar-refractivity contribution < 1.29 is 9.84 Å². The molecule has 0 spiro atoms. The number of fused-ring (bicyclic) bond motifs is 4. The van der Waals surface area contributed by atoms with Gasteiger partial charge in [0.1, 0.15) is 12.2 Å². The molecule has 4 aromatic heterocycles. The molecule has 0 aliphatic heterocycles. The smallest absolute Gasteiger partial charge is 0.291 e. The van der Waals surface area contributed by atoms with Gasteiger partial charge in [0.25, 0.3) is 5.56 Å². The number of ether oxygens (including phenoxy) is 1. The van der Waals surface area contributed by atoms with Crippen LogP contribution in [0.4, 0.5) is 0 Å². The van der Waals surface area contributed by atoms with Crippen LogP contribution < -0.4 is 5.56 Å². The van der Waals surface area contributed by atoms with Crippen molar-refractivity contribution in [3.8, 4) is 0 Å². The number of hydrogen-bond acceptors (Lipinski definition) is 7. The van der Waals surface area contributed by atoms with Crippen LogP contribution in [-0.4, -0.2) is 55.5 Å². The van der Waals surface area contributed by atoms with Crippen molar-refractivity contribution in [3.63, 3.8) is 0 Å². The fraction of sp³-hybridized carbons (Fsp3) is 0.417. The second-order valence-electron chi connectivity index (χ2n) is 10.0. The van der Waals surface area contributed by atoms with Crippen LogP contribution in [-0.2, 0) is 31.5 Å². The molecule has 0 saturated heterocycles. The van der Waals surface area contributed by atoms with E-state index in [0.29, 0.717) is 25.2 Å². The molecule has 0 aliphatic carbocycles. The third-order valence-electron chi connectivity index (χ3n) is 6.20. The summed E-state index contributed by atoms with van der Waals surface area (Å²) in [6, 6.07) is 7.12. The van der Waals surface area contributed by atoms with Crippen molar-refractivity contribution in [2.75, 3.05) is 13.2 Å². The van der Waals surface area contributed by atoms with Crippen LogP contribution in [0.25, 0.3) is 32.2 Å². The molecule has 0 unspecified atom stereocenters. The van der Waals surface area contributed by atoms with Gasteiger partial charge in [-0.15, -0.1) is 11.3 Å². The van der Waals surface area contributed by atoms with Crippen molar-refractivity contribution in [3.05, 3.63) is 51.5 Å². The molecule has 4 heterocycles. The lowest BCUT2D eigenvalue weighted by Crippen LogP contribution is -2.24. The Balaban J connectivity index is 1.43. The zero-order valence-electron chi connectivity index (χ0n) is 20.5. The van der Waals surface area contributed by atoms with Gasteiger partial charge in [-0.1, -0.05) is 31.8 Å². The summed E-state index contributed by atoms with van der Waals surface area (Å²) in [6.07, 6.45) is 4.09. The fourth-order valence-electron chi connectivity index (χ4n) is 4.24. The summed E-state index contributed by atoms with van der Waals surface area (Å²) in [5, 5.41) is 20.9. The van der Waals surface area contributed by atoms with Gasteiger partial charge < -0.3 is 14.4 Å². The summed E-state index contributed by atoms with van der Waals surface area (Å²) in [7, 11) is 0.716. The number of nitrogens with zero attached hydrogens (tertiary/aromatic N) is 6.